The molecule has 1 aromatic heterocycles. The first-order chi connectivity index (χ1) is 11.5. The molecule has 4 nitrogen and oxygen atoms in total. The van der Waals surface area contributed by atoms with Gasteiger partial charge in [0.15, 0.2) is 0 Å². The maximum Gasteiger partial charge on any atom is 0.271 e. The van der Waals surface area contributed by atoms with E-state index in [-0.39, 0.29) is 5.91 Å². The lowest BCUT2D eigenvalue weighted by Gasteiger charge is -2.18. The molecule has 0 saturated carbocycles. The quantitative estimate of drug-likeness (QED) is 0.845. The highest BCUT2D eigenvalue weighted by Gasteiger charge is 2.24. The molecule has 0 unspecified atom stereocenters. The number of hydrogen-bond acceptors (Lipinski definition) is 2. The molecule has 3 rings (SSSR count). The number of nitrogens with zero attached hydrogens (tertiary/aromatic N) is 3. The highest BCUT2D eigenvalue weighted by atomic mass is 35.5. The molecule has 0 radical (unpaired) electrons. The van der Waals surface area contributed by atoms with Crippen molar-refractivity contribution in [3.8, 4) is 0 Å². The van der Waals surface area contributed by atoms with Gasteiger partial charge in [0.1, 0.15) is 5.69 Å². The topological polar surface area (TPSA) is 28.5 Å². The van der Waals surface area contributed by atoms with Crippen molar-refractivity contribution in [3.63, 3.8) is 0 Å². The average molecular weight is 344 g/mol. The van der Waals surface area contributed by atoms with Gasteiger partial charge in [-0.25, -0.2) is 0 Å². The molecule has 0 bridgehead atoms. The number of carbonyl (C=O) groups excluding carboxylic acids is 1. The van der Waals surface area contributed by atoms with E-state index in [0.29, 0.717) is 23.8 Å². The number of benzene rings is 1. The van der Waals surface area contributed by atoms with Crippen molar-refractivity contribution in [1.82, 2.24) is 9.47 Å². The van der Waals surface area contributed by atoms with Gasteiger partial charge in [-0.15, -0.1) is 0 Å². The van der Waals surface area contributed by atoms with Crippen LogP contribution in [-0.2, 0) is 6.54 Å². The van der Waals surface area contributed by atoms with Crippen molar-refractivity contribution in [2.24, 2.45) is 0 Å². The maximum atomic E-state index is 12.8. The molecule has 24 heavy (non-hydrogen) atoms. The van der Waals surface area contributed by atoms with E-state index in [1.54, 1.807) is 12.3 Å². The molecule has 1 amide bonds. The van der Waals surface area contributed by atoms with Crippen LogP contribution in [0.25, 0.3) is 5.57 Å². The Balaban J connectivity index is 1.73. The van der Waals surface area contributed by atoms with Crippen molar-refractivity contribution in [2.75, 3.05) is 32.1 Å². The third kappa shape index (κ3) is 3.20. The van der Waals surface area contributed by atoms with E-state index in [4.69, 9.17) is 11.6 Å². The van der Waals surface area contributed by atoms with Gasteiger partial charge in [-0.2, -0.15) is 0 Å². The summed E-state index contributed by atoms with van der Waals surface area (Å²) in [6, 6.07) is 10.2. The number of hydrogen-bond donors (Lipinski definition) is 0. The molecule has 0 saturated heterocycles. The zero-order chi connectivity index (χ0) is 17.3. The van der Waals surface area contributed by atoms with Gasteiger partial charge in [-0.1, -0.05) is 29.8 Å². The summed E-state index contributed by atoms with van der Waals surface area (Å²) in [5.74, 6) is 0.0277. The minimum Gasteiger partial charge on any atom is -0.378 e. The Hall–Kier alpha value is -2.20. The van der Waals surface area contributed by atoms with Crippen molar-refractivity contribution in [3.05, 3.63) is 58.9 Å². The fourth-order valence-electron chi connectivity index (χ4n) is 2.97. The van der Waals surface area contributed by atoms with Crippen LogP contribution >= 0.6 is 11.6 Å². The number of amides is 1. The second kappa shape index (κ2) is 6.73. The van der Waals surface area contributed by atoms with Crippen molar-refractivity contribution < 1.29 is 4.79 Å². The first-order valence-electron chi connectivity index (χ1n) is 8.11. The van der Waals surface area contributed by atoms with Crippen LogP contribution in [0.4, 0.5) is 5.69 Å². The lowest BCUT2D eigenvalue weighted by atomic mass is 10.1. The second-order valence-corrected chi connectivity index (χ2v) is 6.62. The van der Waals surface area contributed by atoms with Gasteiger partial charge in [-0.3, -0.25) is 4.79 Å². The summed E-state index contributed by atoms with van der Waals surface area (Å²) in [6.07, 6.45) is 3.93. The van der Waals surface area contributed by atoms with E-state index in [1.807, 2.05) is 30.5 Å². The average Bonchev–Trinajstić information content (AvgIpc) is 3.21. The highest BCUT2D eigenvalue weighted by Crippen LogP contribution is 2.25. The normalized spacial score (nSPS) is 14.0. The largest absolute Gasteiger partial charge is 0.378 e. The Labute approximate surface area is 147 Å². The molecule has 1 aromatic carbocycles. The lowest BCUT2D eigenvalue weighted by Crippen LogP contribution is -2.30. The minimum atomic E-state index is 0.0277. The second-order valence-electron chi connectivity index (χ2n) is 6.19. The zero-order valence-corrected chi connectivity index (χ0v) is 15.0. The molecule has 0 fully saturated rings. The maximum absolute atomic E-state index is 12.8. The van der Waals surface area contributed by atoms with Crippen molar-refractivity contribution in [1.29, 1.82) is 0 Å². The first-order valence-corrected chi connectivity index (χ1v) is 8.49. The molecule has 1 aliphatic heterocycles. The first kappa shape index (κ1) is 16.7. The summed E-state index contributed by atoms with van der Waals surface area (Å²) in [5, 5.41) is 0.604. The predicted octanol–water partition coefficient (Wildman–Crippen LogP) is 3.77. The monoisotopic (exact) mass is 343 g/mol. The molecule has 0 N–H and O–H groups in total. The molecule has 0 atom stereocenters. The van der Waals surface area contributed by atoms with Crippen LogP contribution < -0.4 is 4.90 Å². The number of carbonyl (C=O) groups is 1. The Morgan fingerprint density at radius 1 is 1.25 bits per heavy atom. The van der Waals surface area contributed by atoms with Gasteiger partial charge >= 0.3 is 0 Å². The van der Waals surface area contributed by atoms with Gasteiger partial charge in [0.2, 0.25) is 0 Å². The fraction of sp³-hybridized carbons (Fsp3) is 0.316. The number of aromatic nitrogens is 1. The van der Waals surface area contributed by atoms with Gasteiger partial charge in [0.25, 0.3) is 5.91 Å². The van der Waals surface area contributed by atoms with E-state index in [0.717, 1.165) is 6.54 Å². The molecule has 2 aromatic rings. The van der Waals surface area contributed by atoms with Crippen LogP contribution in [0.5, 0.6) is 0 Å². The van der Waals surface area contributed by atoms with E-state index in [9.17, 15) is 4.79 Å². The van der Waals surface area contributed by atoms with Gasteiger partial charge < -0.3 is 14.4 Å². The Morgan fingerprint density at radius 3 is 2.58 bits per heavy atom. The van der Waals surface area contributed by atoms with Crippen LogP contribution in [0.15, 0.2) is 42.6 Å². The molecule has 126 valence electrons. The summed E-state index contributed by atoms with van der Waals surface area (Å²) < 4.78 is 1.90. The summed E-state index contributed by atoms with van der Waals surface area (Å²) in [7, 11) is 4.05. The third-order valence-corrected chi connectivity index (χ3v) is 4.59. The van der Waals surface area contributed by atoms with Gasteiger partial charge in [0, 0.05) is 45.6 Å². The SMILES string of the molecule is CCn1cc(Cl)cc1C(=O)N1CC=C(c2ccc(N(C)C)cc2)C1. The van der Waals surface area contributed by atoms with E-state index in [2.05, 4.69) is 35.2 Å². The molecule has 5 heteroatoms. The van der Waals surface area contributed by atoms with E-state index < -0.39 is 0 Å². The number of halogens is 1. The van der Waals surface area contributed by atoms with E-state index >= 15 is 0 Å². The molecule has 2 heterocycles. The summed E-state index contributed by atoms with van der Waals surface area (Å²) in [5.41, 5.74) is 4.18. The highest BCUT2D eigenvalue weighted by molar-refractivity contribution is 6.31. The standard InChI is InChI=1S/C19H22ClN3O/c1-4-22-13-16(20)11-18(22)19(24)23-10-9-15(12-23)14-5-7-17(8-6-14)21(2)3/h5-9,11,13H,4,10,12H2,1-3H3. The summed E-state index contributed by atoms with van der Waals surface area (Å²) >= 11 is 6.05. The third-order valence-electron chi connectivity index (χ3n) is 4.38. The number of anilines is 1. The summed E-state index contributed by atoms with van der Waals surface area (Å²) in [6.45, 7) is 4.00. The zero-order valence-electron chi connectivity index (χ0n) is 14.3. The van der Waals surface area contributed by atoms with Crippen LogP contribution in [0, 0.1) is 0 Å². The fourth-order valence-corrected chi connectivity index (χ4v) is 3.19. The Bertz CT molecular complexity index is 774. The molecule has 0 aliphatic carbocycles. The van der Waals surface area contributed by atoms with Crippen molar-refractivity contribution in [2.45, 2.75) is 13.5 Å². The van der Waals surface area contributed by atoms with Gasteiger partial charge in [-0.05, 0) is 36.3 Å². The smallest absolute Gasteiger partial charge is 0.271 e. The van der Waals surface area contributed by atoms with E-state index in [1.165, 1.54) is 16.8 Å². The minimum absolute atomic E-state index is 0.0277. The molecule has 1 aliphatic rings. The number of rotatable bonds is 4. The number of aryl methyl sites for hydroxylation is 1. The molecule has 0 spiro atoms. The van der Waals surface area contributed by atoms with Crippen LogP contribution in [0.1, 0.15) is 23.0 Å². The molecular formula is C19H22ClN3O. The van der Waals surface area contributed by atoms with Crippen LogP contribution in [0.3, 0.4) is 0 Å². The summed E-state index contributed by atoms with van der Waals surface area (Å²) in [4.78, 5) is 16.7. The lowest BCUT2D eigenvalue weighted by molar-refractivity contribution is 0.0791. The van der Waals surface area contributed by atoms with Crippen molar-refractivity contribution >= 4 is 28.8 Å². The van der Waals surface area contributed by atoms with Crippen LogP contribution in [0.2, 0.25) is 5.02 Å². The Morgan fingerprint density at radius 2 is 1.96 bits per heavy atom. The van der Waals surface area contributed by atoms with Gasteiger partial charge in [0.05, 0.1) is 5.02 Å². The molecular weight excluding hydrogens is 322 g/mol. The predicted molar refractivity (Wildman–Crippen MR) is 99.8 cm³/mol. The van der Waals surface area contributed by atoms with Crippen LogP contribution in [-0.4, -0.2) is 42.6 Å². The Kier molecular flexibility index (Phi) is 4.67.